The third-order valence-corrected chi connectivity index (χ3v) is 7.47. The molecule has 6 nitrogen and oxygen atoms in total. The number of hydrogen-bond donors (Lipinski definition) is 2. The predicted molar refractivity (Wildman–Crippen MR) is 138 cm³/mol. The smallest absolute Gasteiger partial charge is 0.255 e. The Balaban J connectivity index is 1.71. The van der Waals surface area contributed by atoms with Gasteiger partial charge >= 0.3 is 0 Å². The molecule has 0 aliphatic carbocycles. The molecule has 0 saturated carbocycles. The molecular weight excluding hydrogens is 436 g/mol. The van der Waals surface area contributed by atoms with Crippen LogP contribution < -0.4 is 10.6 Å². The summed E-state index contributed by atoms with van der Waals surface area (Å²) in [5.74, 6) is -0.222. The maximum Gasteiger partial charge on any atom is 0.255 e. The molecule has 184 valence electrons. The maximum absolute atomic E-state index is 13.8. The summed E-state index contributed by atoms with van der Waals surface area (Å²) in [6, 6.07) is 18.4. The van der Waals surface area contributed by atoms with Crippen LogP contribution in [-0.2, 0) is 28.7 Å². The number of amides is 2. The van der Waals surface area contributed by atoms with E-state index in [1.165, 1.54) is 11.1 Å². The molecule has 1 aromatic heterocycles. The number of nitrogens with zero attached hydrogens (tertiary/aromatic N) is 2. The molecule has 6 heteroatoms. The summed E-state index contributed by atoms with van der Waals surface area (Å²) in [5, 5.41) is 10.5. The SMILES string of the molecule is CCc1ccc(C(CC)(NC(=O)c2cnn3c2C[C@H](c2ccccc2)CC3(C)C)C(=O)NC)cc1. The third-order valence-electron chi connectivity index (χ3n) is 7.47. The zero-order chi connectivity index (χ0) is 25.2. The Morgan fingerprint density at radius 3 is 2.37 bits per heavy atom. The summed E-state index contributed by atoms with van der Waals surface area (Å²) in [6.45, 7) is 8.34. The Morgan fingerprint density at radius 2 is 1.77 bits per heavy atom. The first kappa shape index (κ1) is 24.7. The molecule has 1 unspecified atom stereocenters. The number of hydrogen-bond acceptors (Lipinski definition) is 3. The highest BCUT2D eigenvalue weighted by atomic mass is 16.2. The molecule has 1 aliphatic heterocycles. The number of aryl methyl sites for hydroxylation is 1. The minimum atomic E-state index is -1.17. The van der Waals surface area contributed by atoms with Gasteiger partial charge in [0.1, 0.15) is 5.54 Å². The van der Waals surface area contributed by atoms with Crippen molar-refractivity contribution in [2.45, 2.75) is 70.4 Å². The van der Waals surface area contributed by atoms with Gasteiger partial charge in [0.25, 0.3) is 5.91 Å². The van der Waals surface area contributed by atoms with E-state index in [4.69, 9.17) is 0 Å². The Bertz CT molecular complexity index is 1200. The van der Waals surface area contributed by atoms with E-state index < -0.39 is 5.54 Å². The first-order valence-corrected chi connectivity index (χ1v) is 12.5. The lowest BCUT2D eigenvalue weighted by Gasteiger charge is -2.37. The zero-order valence-corrected chi connectivity index (χ0v) is 21.4. The topological polar surface area (TPSA) is 76.0 Å². The van der Waals surface area contributed by atoms with Crippen LogP contribution in [0.4, 0.5) is 0 Å². The van der Waals surface area contributed by atoms with E-state index in [0.717, 1.165) is 30.5 Å². The molecule has 2 amide bonds. The number of likely N-dealkylation sites (N-methyl/N-ethyl adjacent to an activating group) is 1. The molecule has 2 aromatic carbocycles. The van der Waals surface area contributed by atoms with Gasteiger partial charge in [-0.2, -0.15) is 5.10 Å². The van der Waals surface area contributed by atoms with Gasteiger partial charge in [0, 0.05) is 7.05 Å². The minimum absolute atomic E-state index is 0.231. The van der Waals surface area contributed by atoms with E-state index in [1.54, 1.807) is 13.2 Å². The van der Waals surface area contributed by atoms with Gasteiger partial charge in [-0.05, 0) is 62.1 Å². The van der Waals surface area contributed by atoms with Crippen LogP contribution in [0.1, 0.15) is 79.2 Å². The normalized spacial score (nSPS) is 18.3. The van der Waals surface area contributed by atoms with Crippen molar-refractivity contribution in [2.75, 3.05) is 7.05 Å². The average Bonchev–Trinajstić information content (AvgIpc) is 3.32. The van der Waals surface area contributed by atoms with E-state index >= 15 is 0 Å². The molecule has 4 rings (SSSR count). The highest BCUT2D eigenvalue weighted by Crippen LogP contribution is 2.40. The molecule has 0 spiro atoms. The molecule has 0 saturated heterocycles. The fourth-order valence-corrected chi connectivity index (χ4v) is 5.45. The predicted octanol–water partition coefficient (Wildman–Crippen LogP) is 4.69. The first-order valence-electron chi connectivity index (χ1n) is 12.5. The van der Waals surface area contributed by atoms with Crippen LogP contribution in [0.15, 0.2) is 60.8 Å². The molecule has 2 atom stereocenters. The highest BCUT2D eigenvalue weighted by Gasteiger charge is 2.42. The lowest BCUT2D eigenvalue weighted by molar-refractivity contribution is -0.127. The monoisotopic (exact) mass is 472 g/mol. The standard InChI is InChI=1S/C29H36N4O2/c1-6-20-13-15-23(16-14-20)29(7-2,27(35)30-5)32-26(34)24-19-31-33-25(24)17-22(18-28(33,3)4)21-11-9-8-10-12-21/h8-16,19,22H,6-7,17-18H2,1-5H3,(H,30,35)(H,32,34)/t22-,29?/m0/s1. The van der Waals surface area contributed by atoms with Gasteiger partial charge in [-0.1, -0.05) is 68.4 Å². The van der Waals surface area contributed by atoms with Gasteiger partial charge in [0.2, 0.25) is 5.91 Å². The summed E-state index contributed by atoms with van der Waals surface area (Å²) >= 11 is 0. The number of carbonyl (C=O) groups is 2. The minimum Gasteiger partial charge on any atom is -0.357 e. The summed E-state index contributed by atoms with van der Waals surface area (Å²) < 4.78 is 1.99. The maximum atomic E-state index is 13.8. The van der Waals surface area contributed by atoms with Gasteiger partial charge in [-0.3, -0.25) is 14.3 Å². The Labute approximate surface area is 208 Å². The quantitative estimate of drug-likeness (QED) is 0.524. The summed E-state index contributed by atoms with van der Waals surface area (Å²) in [7, 11) is 1.61. The molecule has 2 heterocycles. The van der Waals surface area contributed by atoms with Crippen molar-refractivity contribution in [1.82, 2.24) is 20.4 Å². The van der Waals surface area contributed by atoms with E-state index in [1.807, 2.05) is 41.9 Å². The van der Waals surface area contributed by atoms with Crippen LogP contribution in [0.25, 0.3) is 0 Å². The number of aromatic nitrogens is 2. The van der Waals surface area contributed by atoms with Crippen LogP contribution >= 0.6 is 0 Å². The second kappa shape index (κ2) is 9.68. The highest BCUT2D eigenvalue weighted by molar-refractivity contribution is 6.00. The van der Waals surface area contributed by atoms with E-state index in [0.29, 0.717) is 17.9 Å². The molecule has 2 N–H and O–H groups in total. The molecule has 3 aromatic rings. The van der Waals surface area contributed by atoms with E-state index in [-0.39, 0.29) is 17.4 Å². The Kier molecular flexibility index (Phi) is 6.84. The first-order chi connectivity index (χ1) is 16.8. The number of benzene rings is 2. The largest absolute Gasteiger partial charge is 0.357 e. The number of carbonyl (C=O) groups excluding carboxylic acids is 2. The van der Waals surface area contributed by atoms with Gasteiger partial charge in [0.05, 0.1) is 23.0 Å². The van der Waals surface area contributed by atoms with Gasteiger partial charge in [-0.15, -0.1) is 0 Å². The molecule has 35 heavy (non-hydrogen) atoms. The number of rotatable bonds is 7. The van der Waals surface area contributed by atoms with Crippen LogP contribution in [0.3, 0.4) is 0 Å². The average molecular weight is 473 g/mol. The Hall–Kier alpha value is -3.41. The number of fused-ring (bicyclic) bond motifs is 1. The second-order valence-electron chi connectivity index (χ2n) is 10.1. The molecular formula is C29H36N4O2. The van der Waals surface area contributed by atoms with Crippen LogP contribution in [-0.4, -0.2) is 28.6 Å². The molecule has 0 fully saturated rings. The third kappa shape index (κ3) is 4.49. The van der Waals surface area contributed by atoms with Crippen molar-refractivity contribution < 1.29 is 9.59 Å². The van der Waals surface area contributed by atoms with Crippen molar-refractivity contribution in [1.29, 1.82) is 0 Å². The van der Waals surface area contributed by atoms with Crippen molar-refractivity contribution in [2.24, 2.45) is 0 Å². The van der Waals surface area contributed by atoms with Gasteiger partial charge in [-0.25, -0.2) is 0 Å². The zero-order valence-electron chi connectivity index (χ0n) is 21.4. The molecule has 0 bridgehead atoms. The number of nitrogens with one attached hydrogen (secondary N) is 2. The fraction of sp³-hybridized carbons (Fsp3) is 0.414. The van der Waals surface area contributed by atoms with Crippen molar-refractivity contribution in [3.05, 3.63) is 88.7 Å². The summed E-state index contributed by atoms with van der Waals surface area (Å²) in [4.78, 5) is 27.0. The van der Waals surface area contributed by atoms with Gasteiger partial charge in [0.15, 0.2) is 0 Å². The van der Waals surface area contributed by atoms with Crippen LogP contribution in [0.5, 0.6) is 0 Å². The second-order valence-corrected chi connectivity index (χ2v) is 10.1. The summed E-state index contributed by atoms with van der Waals surface area (Å²) in [5.41, 5.74) is 3.27. The Morgan fingerprint density at radius 1 is 1.09 bits per heavy atom. The molecule has 1 aliphatic rings. The lowest BCUT2D eigenvalue weighted by Crippen LogP contribution is -2.55. The van der Waals surface area contributed by atoms with Gasteiger partial charge < -0.3 is 10.6 Å². The van der Waals surface area contributed by atoms with Crippen LogP contribution in [0, 0.1) is 0 Å². The van der Waals surface area contributed by atoms with Crippen LogP contribution in [0.2, 0.25) is 0 Å². The van der Waals surface area contributed by atoms with E-state index in [9.17, 15) is 9.59 Å². The lowest BCUT2D eigenvalue weighted by atomic mass is 9.79. The fourth-order valence-electron chi connectivity index (χ4n) is 5.45. The van der Waals surface area contributed by atoms with E-state index in [2.05, 4.69) is 60.8 Å². The van der Waals surface area contributed by atoms with Crippen molar-refractivity contribution >= 4 is 11.8 Å². The summed E-state index contributed by atoms with van der Waals surface area (Å²) in [6.07, 6.45) is 4.65. The van der Waals surface area contributed by atoms with Crippen molar-refractivity contribution in [3.8, 4) is 0 Å². The molecule has 0 radical (unpaired) electrons. The van der Waals surface area contributed by atoms with Crippen molar-refractivity contribution in [3.63, 3.8) is 0 Å².